The molecule has 0 aliphatic heterocycles. The summed E-state index contributed by atoms with van der Waals surface area (Å²) >= 11 is 0. The van der Waals surface area contributed by atoms with E-state index < -0.39 is 0 Å². The van der Waals surface area contributed by atoms with Gasteiger partial charge in [-0.05, 0) is 18.6 Å². The van der Waals surface area contributed by atoms with Crippen LogP contribution in [0.2, 0.25) is 0 Å². The van der Waals surface area contributed by atoms with Crippen molar-refractivity contribution in [2.75, 3.05) is 0 Å². The van der Waals surface area contributed by atoms with E-state index in [0.717, 1.165) is 30.6 Å². The SMILES string of the molecule is CCCCc1noc(CCn2c(=O)oc3ccccc32)n1. The molecule has 3 aromatic rings. The van der Waals surface area contributed by atoms with Crippen LogP contribution in [0.3, 0.4) is 0 Å². The molecule has 6 nitrogen and oxygen atoms in total. The molecule has 2 aromatic heterocycles. The highest BCUT2D eigenvalue weighted by Gasteiger charge is 2.11. The summed E-state index contributed by atoms with van der Waals surface area (Å²) in [6.07, 6.45) is 3.49. The Bertz CT molecular complexity index is 785. The highest BCUT2D eigenvalue weighted by molar-refractivity contribution is 5.72. The number of unbranched alkanes of at least 4 members (excludes halogenated alkanes) is 1. The summed E-state index contributed by atoms with van der Waals surface area (Å²) < 4.78 is 12.0. The molecule has 0 atom stereocenters. The van der Waals surface area contributed by atoms with Gasteiger partial charge >= 0.3 is 5.76 Å². The Labute approximate surface area is 121 Å². The average Bonchev–Trinajstić information content (AvgIpc) is 3.06. The molecule has 0 bridgehead atoms. The fourth-order valence-electron chi connectivity index (χ4n) is 2.26. The van der Waals surface area contributed by atoms with Crippen molar-refractivity contribution in [1.82, 2.24) is 14.7 Å². The first-order valence-electron chi connectivity index (χ1n) is 7.17. The van der Waals surface area contributed by atoms with Gasteiger partial charge in [-0.3, -0.25) is 4.57 Å². The number of hydrogen-bond donors (Lipinski definition) is 0. The second-order valence-electron chi connectivity index (χ2n) is 4.95. The fourth-order valence-corrected chi connectivity index (χ4v) is 2.26. The van der Waals surface area contributed by atoms with Crippen LogP contribution in [0, 0.1) is 0 Å². The normalized spacial score (nSPS) is 11.3. The van der Waals surface area contributed by atoms with Gasteiger partial charge in [-0.25, -0.2) is 4.79 Å². The number of rotatable bonds is 6. The van der Waals surface area contributed by atoms with Crippen molar-refractivity contribution in [1.29, 1.82) is 0 Å². The molecule has 0 saturated heterocycles. The highest BCUT2D eigenvalue weighted by atomic mass is 16.5. The smallest absolute Gasteiger partial charge is 0.408 e. The van der Waals surface area contributed by atoms with E-state index in [9.17, 15) is 4.79 Å². The number of benzene rings is 1. The minimum Gasteiger partial charge on any atom is -0.408 e. The summed E-state index contributed by atoms with van der Waals surface area (Å²) in [5.41, 5.74) is 1.38. The van der Waals surface area contributed by atoms with Crippen LogP contribution < -0.4 is 5.76 Å². The van der Waals surface area contributed by atoms with Crippen molar-refractivity contribution in [3.8, 4) is 0 Å². The zero-order chi connectivity index (χ0) is 14.7. The Morgan fingerprint density at radius 3 is 2.95 bits per heavy atom. The van der Waals surface area contributed by atoms with Gasteiger partial charge in [-0.15, -0.1) is 0 Å². The summed E-state index contributed by atoms with van der Waals surface area (Å²) in [5, 5.41) is 3.94. The number of aromatic nitrogens is 3. The van der Waals surface area contributed by atoms with E-state index in [1.54, 1.807) is 10.6 Å². The third kappa shape index (κ3) is 2.89. The van der Waals surface area contributed by atoms with Gasteiger partial charge in [0.2, 0.25) is 5.89 Å². The Morgan fingerprint density at radius 2 is 2.10 bits per heavy atom. The first kappa shape index (κ1) is 13.6. The summed E-state index contributed by atoms with van der Waals surface area (Å²) in [7, 11) is 0. The number of nitrogens with zero attached hydrogens (tertiary/aromatic N) is 3. The number of oxazole rings is 1. The van der Waals surface area contributed by atoms with Gasteiger partial charge in [0.15, 0.2) is 11.4 Å². The maximum Gasteiger partial charge on any atom is 0.419 e. The van der Waals surface area contributed by atoms with Gasteiger partial charge in [0.1, 0.15) is 0 Å². The van der Waals surface area contributed by atoms with Gasteiger partial charge < -0.3 is 8.94 Å². The Balaban J connectivity index is 1.73. The topological polar surface area (TPSA) is 74.1 Å². The van der Waals surface area contributed by atoms with Crippen LogP contribution in [0.4, 0.5) is 0 Å². The molecule has 0 saturated carbocycles. The lowest BCUT2D eigenvalue weighted by atomic mass is 10.2. The zero-order valence-corrected chi connectivity index (χ0v) is 11.9. The van der Waals surface area contributed by atoms with Gasteiger partial charge in [-0.2, -0.15) is 4.98 Å². The molecule has 0 fully saturated rings. The van der Waals surface area contributed by atoms with E-state index in [0.29, 0.717) is 24.4 Å². The maximum atomic E-state index is 11.8. The molecule has 0 aliphatic carbocycles. The number of aryl methyl sites for hydroxylation is 3. The molecule has 0 aliphatic rings. The predicted molar refractivity (Wildman–Crippen MR) is 77.1 cm³/mol. The Kier molecular flexibility index (Phi) is 3.85. The maximum absolute atomic E-state index is 11.8. The Hall–Kier alpha value is -2.37. The standard InChI is InChI=1S/C15H17N3O3/c1-2-3-8-13-16-14(21-17-13)9-10-18-11-6-4-5-7-12(11)20-15(18)19/h4-7H,2-3,8-10H2,1H3. The van der Waals surface area contributed by atoms with Crippen molar-refractivity contribution in [2.24, 2.45) is 0 Å². The van der Waals surface area contributed by atoms with Crippen molar-refractivity contribution in [3.05, 3.63) is 46.5 Å². The summed E-state index contributed by atoms with van der Waals surface area (Å²) in [6, 6.07) is 7.36. The third-order valence-corrected chi connectivity index (χ3v) is 3.39. The highest BCUT2D eigenvalue weighted by Crippen LogP contribution is 2.12. The van der Waals surface area contributed by atoms with Crippen LogP contribution in [0.25, 0.3) is 11.1 Å². The summed E-state index contributed by atoms with van der Waals surface area (Å²) in [6.45, 7) is 2.59. The molecule has 0 N–H and O–H groups in total. The van der Waals surface area contributed by atoms with Crippen LogP contribution in [0.5, 0.6) is 0 Å². The molecule has 110 valence electrons. The van der Waals surface area contributed by atoms with Crippen molar-refractivity contribution in [2.45, 2.75) is 39.2 Å². The van der Waals surface area contributed by atoms with E-state index >= 15 is 0 Å². The van der Waals surface area contributed by atoms with Crippen LogP contribution in [0.15, 0.2) is 38.0 Å². The van der Waals surface area contributed by atoms with E-state index in [1.165, 1.54) is 0 Å². The van der Waals surface area contributed by atoms with Crippen LogP contribution in [-0.2, 0) is 19.4 Å². The van der Waals surface area contributed by atoms with E-state index in [4.69, 9.17) is 8.94 Å². The largest absolute Gasteiger partial charge is 0.419 e. The minimum atomic E-state index is -0.359. The van der Waals surface area contributed by atoms with E-state index in [-0.39, 0.29) is 5.76 Å². The Morgan fingerprint density at radius 1 is 1.24 bits per heavy atom. The summed E-state index contributed by atoms with van der Waals surface area (Å²) in [5.74, 6) is 0.927. The molecule has 2 heterocycles. The average molecular weight is 287 g/mol. The predicted octanol–water partition coefficient (Wildman–Crippen LogP) is 2.56. The monoisotopic (exact) mass is 287 g/mol. The lowest BCUT2D eigenvalue weighted by molar-refractivity contribution is 0.364. The molecule has 1 aromatic carbocycles. The van der Waals surface area contributed by atoms with Crippen LogP contribution in [-0.4, -0.2) is 14.7 Å². The second-order valence-corrected chi connectivity index (χ2v) is 4.95. The fraction of sp³-hybridized carbons (Fsp3) is 0.400. The molecule has 6 heteroatoms. The lowest BCUT2D eigenvalue weighted by Gasteiger charge is -1.98. The van der Waals surface area contributed by atoms with E-state index in [1.807, 2.05) is 18.2 Å². The lowest BCUT2D eigenvalue weighted by Crippen LogP contribution is -2.15. The molecular weight excluding hydrogens is 270 g/mol. The van der Waals surface area contributed by atoms with Gasteiger partial charge in [0.05, 0.1) is 5.52 Å². The molecule has 3 rings (SSSR count). The quantitative estimate of drug-likeness (QED) is 0.696. The van der Waals surface area contributed by atoms with Crippen molar-refractivity contribution >= 4 is 11.1 Å². The van der Waals surface area contributed by atoms with Crippen LogP contribution >= 0.6 is 0 Å². The molecule has 0 unspecified atom stereocenters. The number of para-hydroxylation sites is 2. The first-order valence-corrected chi connectivity index (χ1v) is 7.17. The molecule has 0 spiro atoms. The van der Waals surface area contributed by atoms with Gasteiger partial charge in [0.25, 0.3) is 0 Å². The van der Waals surface area contributed by atoms with Gasteiger partial charge in [0, 0.05) is 19.4 Å². The third-order valence-electron chi connectivity index (χ3n) is 3.39. The number of fused-ring (bicyclic) bond motifs is 1. The van der Waals surface area contributed by atoms with E-state index in [2.05, 4.69) is 17.1 Å². The number of hydrogen-bond acceptors (Lipinski definition) is 5. The zero-order valence-electron chi connectivity index (χ0n) is 11.9. The molecule has 0 amide bonds. The van der Waals surface area contributed by atoms with Crippen LogP contribution in [0.1, 0.15) is 31.5 Å². The van der Waals surface area contributed by atoms with Gasteiger partial charge in [-0.1, -0.05) is 30.6 Å². The molecule has 0 radical (unpaired) electrons. The molecule has 21 heavy (non-hydrogen) atoms. The second kappa shape index (κ2) is 5.95. The minimum absolute atomic E-state index is 0.359. The van der Waals surface area contributed by atoms with Crippen molar-refractivity contribution < 1.29 is 8.94 Å². The molecular formula is C15H17N3O3. The first-order chi connectivity index (χ1) is 10.3. The summed E-state index contributed by atoms with van der Waals surface area (Å²) in [4.78, 5) is 16.2. The van der Waals surface area contributed by atoms with Crippen molar-refractivity contribution in [3.63, 3.8) is 0 Å².